The van der Waals surface area contributed by atoms with Gasteiger partial charge in [-0.05, 0) is 17.7 Å². The number of nitrogens with one attached hydrogen (secondary N) is 1. The van der Waals surface area contributed by atoms with Crippen LogP contribution in [0, 0.1) is 0 Å². The molecule has 6 heteroatoms. The first-order chi connectivity index (χ1) is 12.4. The lowest BCUT2D eigenvalue weighted by atomic mass is 10.2. The van der Waals surface area contributed by atoms with Gasteiger partial charge in [0.1, 0.15) is 12.6 Å². The number of ether oxygens (including phenoxy) is 1. The van der Waals surface area contributed by atoms with E-state index in [1.165, 1.54) is 5.56 Å². The summed E-state index contributed by atoms with van der Waals surface area (Å²) in [6, 6.07) is 19.7. The van der Waals surface area contributed by atoms with E-state index in [-0.39, 0.29) is 6.61 Å². The summed E-state index contributed by atoms with van der Waals surface area (Å²) >= 11 is 0. The van der Waals surface area contributed by atoms with Crippen LogP contribution in [0.5, 0.6) is 0 Å². The molecule has 0 radical (unpaired) electrons. The van der Waals surface area contributed by atoms with E-state index in [4.69, 9.17) is 4.74 Å². The molecule has 0 bridgehead atoms. The molecule has 0 aromatic heterocycles. The van der Waals surface area contributed by atoms with Crippen molar-refractivity contribution < 1.29 is 19.4 Å². The summed E-state index contributed by atoms with van der Waals surface area (Å²) < 4.78 is 5.14. The first kappa shape index (κ1) is 19.7. The molecule has 0 spiro atoms. The molecular formula is C20H25NO4Si. The molecule has 0 aliphatic rings. The van der Waals surface area contributed by atoms with Gasteiger partial charge in [-0.2, -0.15) is 0 Å². The van der Waals surface area contributed by atoms with Crippen molar-refractivity contribution in [2.45, 2.75) is 37.8 Å². The predicted octanol–water partition coefficient (Wildman–Crippen LogP) is 3.86. The molecule has 0 heterocycles. The highest BCUT2D eigenvalue weighted by molar-refractivity contribution is 6.77. The van der Waals surface area contributed by atoms with Gasteiger partial charge in [0, 0.05) is 0 Å². The second kappa shape index (κ2) is 9.19. The summed E-state index contributed by atoms with van der Waals surface area (Å²) in [5, 5.41) is 12.0. The third-order valence-corrected chi connectivity index (χ3v) is 6.96. The first-order valence-electron chi connectivity index (χ1n) is 8.60. The van der Waals surface area contributed by atoms with Gasteiger partial charge in [-0.1, -0.05) is 79.3 Å². The Kier molecular flexibility index (Phi) is 6.97. The van der Waals surface area contributed by atoms with E-state index in [2.05, 4.69) is 18.4 Å². The molecule has 26 heavy (non-hydrogen) atoms. The Balaban J connectivity index is 1.90. The predicted molar refractivity (Wildman–Crippen MR) is 104 cm³/mol. The lowest BCUT2D eigenvalue weighted by Gasteiger charge is -2.26. The van der Waals surface area contributed by atoms with Gasteiger partial charge in [0.25, 0.3) is 0 Å². The Hall–Kier alpha value is -2.60. The lowest BCUT2D eigenvalue weighted by molar-refractivity contribution is -0.138. The smallest absolute Gasteiger partial charge is 0.408 e. The van der Waals surface area contributed by atoms with Crippen LogP contribution in [0.25, 0.3) is 0 Å². The molecular weight excluding hydrogens is 346 g/mol. The van der Waals surface area contributed by atoms with E-state index in [0.29, 0.717) is 6.04 Å². The number of carbonyl (C=O) groups excluding carboxylic acids is 1. The maximum Gasteiger partial charge on any atom is 0.408 e. The van der Waals surface area contributed by atoms with E-state index in [1.54, 1.807) is 0 Å². The van der Waals surface area contributed by atoms with Crippen molar-refractivity contribution in [3.63, 3.8) is 0 Å². The molecule has 138 valence electrons. The number of carboxylic acid groups (broad SMARTS) is 1. The minimum Gasteiger partial charge on any atom is -0.480 e. The fourth-order valence-corrected chi connectivity index (χ4v) is 5.75. The second-order valence-corrected chi connectivity index (χ2v) is 12.2. The number of rotatable bonds is 8. The average Bonchev–Trinajstić information content (AvgIpc) is 2.60. The fourth-order valence-electron chi connectivity index (χ4n) is 2.88. The number of carbonyl (C=O) groups is 2. The van der Waals surface area contributed by atoms with Crippen LogP contribution in [0.3, 0.4) is 0 Å². The Morgan fingerprint density at radius 3 is 2.08 bits per heavy atom. The summed E-state index contributed by atoms with van der Waals surface area (Å²) in [5.74, 6) is -1.03. The molecule has 1 unspecified atom stereocenters. The van der Waals surface area contributed by atoms with Gasteiger partial charge in [-0.3, -0.25) is 4.79 Å². The third kappa shape index (κ3) is 6.72. The van der Waals surface area contributed by atoms with Crippen LogP contribution in [0.1, 0.15) is 11.1 Å². The highest BCUT2D eigenvalue weighted by Crippen LogP contribution is 2.19. The zero-order valence-electron chi connectivity index (χ0n) is 15.1. The van der Waals surface area contributed by atoms with Gasteiger partial charge < -0.3 is 15.2 Å². The van der Waals surface area contributed by atoms with Crippen molar-refractivity contribution in [3.8, 4) is 0 Å². The minimum atomic E-state index is -1.87. The molecule has 2 aromatic rings. The summed E-state index contributed by atoms with van der Waals surface area (Å²) in [4.78, 5) is 23.6. The SMILES string of the molecule is C[Si](C)(Cc1ccccc1)CC(NC(=O)OCc1ccccc1)C(=O)O. The Labute approximate surface area is 155 Å². The zero-order valence-corrected chi connectivity index (χ0v) is 16.1. The summed E-state index contributed by atoms with van der Waals surface area (Å²) in [6.07, 6.45) is -0.703. The van der Waals surface area contributed by atoms with E-state index in [0.717, 1.165) is 11.6 Å². The van der Waals surface area contributed by atoms with E-state index in [1.807, 2.05) is 60.7 Å². The van der Waals surface area contributed by atoms with Gasteiger partial charge in [-0.15, -0.1) is 0 Å². The van der Waals surface area contributed by atoms with E-state index in [9.17, 15) is 14.7 Å². The number of carboxylic acids is 1. The van der Waals surface area contributed by atoms with Crippen molar-refractivity contribution >= 4 is 20.1 Å². The minimum absolute atomic E-state index is 0.115. The van der Waals surface area contributed by atoms with Gasteiger partial charge in [0.15, 0.2) is 0 Å². The van der Waals surface area contributed by atoms with Crippen molar-refractivity contribution in [3.05, 3.63) is 71.8 Å². The van der Waals surface area contributed by atoms with Crippen LogP contribution in [-0.4, -0.2) is 31.3 Å². The largest absolute Gasteiger partial charge is 0.480 e. The molecule has 2 N–H and O–H groups in total. The summed E-state index contributed by atoms with van der Waals surface area (Å²) in [7, 11) is -1.87. The monoisotopic (exact) mass is 371 g/mol. The van der Waals surface area contributed by atoms with Crippen molar-refractivity contribution in [2.75, 3.05) is 0 Å². The van der Waals surface area contributed by atoms with E-state index >= 15 is 0 Å². The van der Waals surface area contributed by atoms with Crippen LogP contribution >= 0.6 is 0 Å². The second-order valence-electron chi connectivity index (χ2n) is 7.13. The Bertz CT molecular complexity index is 719. The number of amides is 1. The average molecular weight is 372 g/mol. The molecule has 0 saturated carbocycles. The molecule has 0 aliphatic carbocycles. The number of aliphatic carboxylic acids is 1. The van der Waals surface area contributed by atoms with Crippen LogP contribution in [0.4, 0.5) is 4.79 Å². The Morgan fingerprint density at radius 2 is 1.54 bits per heavy atom. The van der Waals surface area contributed by atoms with Gasteiger partial charge in [0.05, 0.1) is 8.07 Å². The lowest BCUT2D eigenvalue weighted by Crippen LogP contribution is -2.47. The molecule has 1 amide bonds. The van der Waals surface area contributed by atoms with Crippen LogP contribution in [0.2, 0.25) is 19.1 Å². The third-order valence-electron chi connectivity index (χ3n) is 4.09. The van der Waals surface area contributed by atoms with Crippen LogP contribution in [-0.2, 0) is 22.2 Å². The molecule has 0 fully saturated rings. The zero-order chi connectivity index (χ0) is 19.0. The number of alkyl carbamates (subject to hydrolysis) is 1. The van der Waals surface area contributed by atoms with Crippen molar-refractivity contribution in [1.82, 2.24) is 5.32 Å². The molecule has 5 nitrogen and oxygen atoms in total. The van der Waals surface area contributed by atoms with Crippen molar-refractivity contribution in [2.24, 2.45) is 0 Å². The van der Waals surface area contributed by atoms with Crippen LogP contribution < -0.4 is 5.32 Å². The highest BCUT2D eigenvalue weighted by Gasteiger charge is 2.31. The number of benzene rings is 2. The maximum atomic E-state index is 12.0. The fraction of sp³-hybridized carbons (Fsp3) is 0.300. The summed E-state index contributed by atoms with van der Waals surface area (Å²) in [6.45, 7) is 4.38. The molecule has 1 atom stereocenters. The molecule has 2 aromatic carbocycles. The summed E-state index contributed by atoms with van der Waals surface area (Å²) in [5.41, 5.74) is 2.05. The molecule has 0 saturated heterocycles. The molecule has 2 rings (SSSR count). The normalized spacial score (nSPS) is 12.2. The van der Waals surface area contributed by atoms with Gasteiger partial charge in [-0.25, -0.2) is 4.79 Å². The first-order valence-corrected chi connectivity index (χ1v) is 12.0. The Morgan fingerprint density at radius 1 is 1.00 bits per heavy atom. The number of hydrogen-bond acceptors (Lipinski definition) is 3. The highest BCUT2D eigenvalue weighted by atomic mass is 28.3. The maximum absolute atomic E-state index is 12.0. The number of hydrogen-bond donors (Lipinski definition) is 2. The molecule has 0 aliphatic heterocycles. The van der Waals surface area contributed by atoms with Crippen molar-refractivity contribution in [1.29, 1.82) is 0 Å². The standard InChI is InChI=1S/C20H25NO4Si/c1-26(2,14-17-11-7-4-8-12-17)15-18(19(22)23)21-20(24)25-13-16-9-5-3-6-10-16/h3-12,18H,13-15H2,1-2H3,(H,21,24)(H,22,23). The quantitative estimate of drug-likeness (QED) is 0.691. The van der Waals surface area contributed by atoms with Gasteiger partial charge >= 0.3 is 12.1 Å². The van der Waals surface area contributed by atoms with Gasteiger partial charge in [0.2, 0.25) is 0 Å². The van der Waals surface area contributed by atoms with E-state index < -0.39 is 26.2 Å². The van der Waals surface area contributed by atoms with Crippen LogP contribution in [0.15, 0.2) is 60.7 Å². The topological polar surface area (TPSA) is 75.6 Å².